The molecule has 0 heterocycles. The van der Waals surface area contributed by atoms with Gasteiger partial charge in [0.05, 0.1) is 12.0 Å². The third-order valence-electron chi connectivity index (χ3n) is 7.76. The van der Waals surface area contributed by atoms with Gasteiger partial charge in [-0.25, -0.2) is 0 Å². The molecule has 0 N–H and O–H groups in total. The molecule has 0 aliphatic rings. The van der Waals surface area contributed by atoms with E-state index in [0.717, 1.165) is 23.5 Å². The molecule has 0 saturated heterocycles. The van der Waals surface area contributed by atoms with E-state index in [4.69, 9.17) is 14.2 Å². The first-order chi connectivity index (χ1) is 20.9. The van der Waals surface area contributed by atoms with Crippen LogP contribution in [-0.4, -0.2) is 19.5 Å². The van der Waals surface area contributed by atoms with Gasteiger partial charge in [0.1, 0.15) is 18.1 Å². The van der Waals surface area contributed by atoms with Crippen molar-refractivity contribution in [2.24, 2.45) is 11.3 Å². The van der Waals surface area contributed by atoms with E-state index in [0.29, 0.717) is 25.0 Å². The summed E-state index contributed by atoms with van der Waals surface area (Å²) < 4.78 is 19.0. The third-order valence-corrected chi connectivity index (χ3v) is 7.76. The first kappa shape index (κ1) is 36.9. The van der Waals surface area contributed by atoms with Crippen molar-refractivity contribution in [3.8, 4) is 11.5 Å². The van der Waals surface area contributed by atoms with Gasteiger partial charge in [-0.1, -0.05) is 121 Å². The van der Waals surface area contributed by atoms with E-state index in [1.54, 1.807) is 0 Å². The van der Waals surface area contributed by atoms with Gasteiger partial charge in [-0.2, -0.15) is 0 Å². The van der Waals surface area contributed by atoms with Crippen LogP contribution in [0.1, 0.15) is 105 Å². The van der Waals surface area contributed by atoms with E-state index < -0.39 is 6.29 Å². The van der Waals surface area contributed by atoms with Crippen LogP contribution in [0.25, 0.3) is 5.57 Å². The lowest BCUT2D eigenvalue weighted by molar-refractivity contribution is -0.125. The molecule has 240 valence electrons. The molecule has 0 aromatic heterocycles. The van der Waals surface area contributed by atoms with Crippen LogP contribution in [-0.2, 0) is 10.2 Å². The van der Waals surface area contributed by atoms with Crippen LogP contribution in [0.3, 0.4) is 0 Å². The highest BCUT2D eigenvalue weighted by atomic mass is 16.7. The summed E-state index contributed by atoms with van der Waals surface area (Å²) in [5.41, 5.74) is 4.77. The molecular weight excluding hydrogens is 540 g/mol. The summed E-state index contributed by atoms with van der Waals surface area (Å²) in [4.78, 5) is 0. The zero-order chi connectivity index (χ0) is 32.8. The fourth-order valence-corrected chi connectivity index (χ4v) is 5.31. The predicted molar refractivity (Wildman–Crippen MR) is 190 cm³/mol. The molecule has 3 aromatic carbocycles. The topological polar surface area (TPSA) is 27.7 Å². The molecule has 3 aromatic rings. The Hall–Kier alpha value is -3.30. The molecule has 0 amide bonds. The third kappa shape index (κ3) is 11.3. The molecule has 0 spiro atoms. The molecule has 44 heavy (non-hydrogen) atoms. The summed E-state index contributed by atoms with van der Waals surface area (Å²) in [7, 11) is 0. The summed E-state index contributed by atoms with van der Waals surface area (Å²) in [6, 6.07) is 27.3. The minimum absolute atomic E-state index is 0.273. The molecule has 2 unspecified atom stereocenters. The van der Waals surface area contributed by atoms with Gasteiger partial charge in [-0.15, -0.1) is 0 Å². The second kappa shape index (κ2) is 17.9. The van der Waals surface area contributed by atoms with E-state index in [-0.39, 0.29) is 10.8 Å². The van der Waals surface area contributed by atoms with Gasteiger partial charge in [0, 0.05) is 0 Å². The molecule has 0 fully saturated rings. The van der Waals surface area contributed by atoms with Crippen molar-refractivity contribution >= 4 is 5.57 Å². The standard InChI is InChI=1S/C39H52O3.C2H6/c1-10-15-30(11-2)31-18-22-34(23-19-31)40-26-27-41-37(39(8,9)33-16-13-12-14-17-33)42-35-24-20-32(21-25-35)36(29(3)4)28-38(5,6)7;1-2/h10-25,29,36-37H,26-28H2,1-9H3;1-2H3/b15-10-,30-11+;. The molecule has 2 atom stereocenters. The average molecular weight is 599 g/mol. The second-order valence-electron chi connectivity index (χ2n) is 13.2. The van der Waals surface area contributed by atoms with Gasteiger partial charge < -0.3 is 14.2 Å². The van der Waals surface area contributed by atoms with E-state index in [2.05, 4.69) is 134 Å². The lowest BCUT2D eigenvalue weighted by Gasteiger charge is -2.35. The van der Waals surface area contributed by atoms with Crippen molar-refractivity contribution in [1.82, 2.24) is 0 Å². The summed E-state index contributed by atoms with van der Waals surface area (Å²) in [6.45, 7) is 24.8. The maximum absolute atomic E-state index is 6.57. The largest absolute Gasteiger partial charge is 0.491 e. The first-order valence-electron chi connectivity index (χ1n) is 16.4. The van der Waals surface area contributed by atoms with Crippen molar-refractivity contribution in [3.63, 3.8) is 0 Å². The lowest BCUT2D eigenvalue weighted by atomic mass is 9.76. The Labute approximate surface area is 269 Å². The molecule has 3 heteroatoms. The summed E-state index contributed by atoms with van der Waals surface area (Å²) in [5, 5.41) is 0. The number of rotatable bonds is 14. The minimum Gasteiger partial charge on any atom is -0.491 e. The highest BCUT2D eigenvalue weighted by molar-refractivity contribution is 5.73. The van der Waals surface area contributed by atoms with Crippen molar-refractivity contribution < 1.29 is 14.2 Å². The lowest BCUT2D eigenvalue weighted by Crippen LogP contribution is -2.41. The van der Waals surface area contributed by atoms with E-state index in [1.165, 1.54) is 16.7 Å². The van der Waals surface area contributed by atoms with Crippen LogP contribution in [0.4, 0.5) is 0 Å². The van der Waals surface area contributed by atoms with Crippen LogP contribution < -0.4 is 9.47 Å². The van der Waals surface area contributed by atoms with Gasteiger partial charge in [-0.3, -0.25) is 0 Å². The Morgan fingerprint density at radius 2 is 1.34 bits per heavy atom. The van der Waals surface area contributed by atoms with E-state index in [9.17, 15) is 0 Å². The molecule has 0 aliphatic heterocycles. The van der Waals surface area contributed by atoms with Crippen molar-refractivity contribution in [3.05, 3.63) is 114 Å². The average Bonchev–Trinajstić information content (AvgIpc) is 3.01. The number of benzene rings is 3. The Morgan fingerprint density at radius 1 is 0.750 bits per heavy atom. The Kier molecular flexibility index (Phi) is 15.0. The predicted octanol–water partition coefficient (Wildman–Crippen LogP) is 11.6. The zero-order valence-corrected chi connectivity index (χ0v) is 29.3. The summed E-state index contributed by atoms with van der Waals surface area (Å²) in [5.74, 6) is 2.71. The zero-order valence-electron chi connectivity index (χ0n) is 29.3. The van der Waals surface area contributed by atoms with Gasteiger partial charge in [0.2, 0.25) is 6.29 Å². The number of ether oxygens (including phenoxy) is 3. The fourth-order valence-electron chi connectivity index (χ4n) is 5.31. The first-order valence-corrected chi connectivity index (χ1v) is 16.4. The van der Waals surface area contributed by atoms with Crippen LogP contribution >= 0.6 is 0 Å². The summed E-state index contributed by atoms with van der Waals surface area (Å²) >= 11 is 0. The Bertz CT molecular complexity index is 1260. The molecule has 0 saturated carbocycles. The van der Waals surface area contributed by atoms with Crippen LogP contribution in [0.15, 0.2) is 97.1 Å². The SMILES string of the molecule is C/C=C\C(=C/C)c1ccc(OCCOC(Oc2ccc(C(CC(C)(C)C)C(C)C)cc2)C(C)(C)c2ccccc2)cc1.CC. The molecule has 0 aliphatic carbocycles. The van der Waals surface area contributed by atoms with Gasteiger partial charge in [0.25, 0.3) is 0 Å². The van der Waals surface area contributed by atoms with Gasteiger partial charge in [0.15, 0.2) is 0 Å². The van der Waals surface area contributed by atoms with Crippen LogP contribution in [0.2, 0.25) is 0 Å². The number of hydrogen-bond acceptors (Lipinski definition) is 3. The summed E-state index contributed by atoms with van der Waals surface area (Å²) in [6.07, 6.45) is 6.93. The van der Waals surface area contributed by atoms with E-state index in [1.807, 2.05) is 39.0 Å². The second-order valence-corrected chi connectivity index (χ2v) is 13.2. The maximum Gasteiger partial charge on any atom is 0.209 e. The monoisotopic (exact) mass is 598 g/mol. The highest BCUT2D eigenvalue weighted by Gasteiger charge is 2.34. The Morgan fingerprint density at radius 3 is 1.86 bits per heavy atom. The molecule has 0 bridgehead atoms. The van der Waals surface area contributed by atoms with Crippen LogP contribution in [0.5, 0.6) is 11.5 Å². The molecule has 3 nitrogen and oxygen atoms in total. The van der Waals surface area contributed by atoms with Crippen molar-refractivity contribution in [1.29, 1.82) is 0 Å². The normalized spacial score (nSPS) is 13.8. The van der Waals surface area contributed by atoms with E-state index >= 15 is 0 Å². The van der Waals surface area contributed by atoms with Crippen molar-refractivity contribution in [2.45, 2.75) is 100 Å². The van der Waals surface area contributed by atoms with Gasteiger partial charge >= 0.3 is 0 Å². The van der Waals surface area contributed by atoms with Crippen LogP contribution in [0, 0.1) is 11.3 Å². The van der Waals surface area contributed by atoms with Crippen molar-refractivity contribution in [2.75, 3.05) is 13.2 Å². The Balaban J connectivity index is 0.00000330. The minimum atomic E-state index is -0.495. The quantitative estimate of drug-likeness (QED) is 0.105. The maximum atomic E-state index is 6.57. The molecular formula is C41H58O3. The number of hydrogen-bond donors (Lipinski definition) is 0. The smallest absolute Gasteiger partial charge is 0.209 e. The molecule has 3 rings (SSSR count). The van der Waals surface area contributed by atoms with Gasteiger partial charge in [-0.05, 0) is 97.9 Å². The number of allylic oxidation sites excluding steroid dienone is 4. The highest BCUT2D eigenvalue weighted by Crippen LogP contribution is 2.37. The molecule has 0 radical (unpaired) electrons. The fraction of sp³-hybridized carbons (Fsp3) is 0.463.